The first kappa shape index (κ1) is 3.74. The predicted octanol–water partition coefficient (Wildman–Crippen LogP) is 0.597. The van der Waals surface area contributed by atoms with Crippen LogP contribution in [0.5, 0.6) is 0 Å². The van der Waals surface area contributed by atoms with Crippen molar-refractivity contribution in [3.05, 3.63) is 18.3 Å². The molecule has 0 amide bonds. The summed E-state index contributed by atoms with van der Waals surface area (Å²) in [7, 11) is 0. The van der Waals surface area contributed by atoms with Crippen LogP contribution in [-0.4, -0.2) is 9.36 Å². The minimum absolute atomic E-state index is 0.523. The lowest BCUT2D eigenvalue weighted by Gasteiger charge is -1.61. The van der Waals surface area contributed by atoms with Crippen molar-refractivity contribution in [2.24, 2.45) is 0 Å². The second kappa shape index (κ2) is 1.34. The normalized spacial score (nSPS) is 8.83. The highest BCUT2D eigenvalue weighted by molar-refractivity contribution is 7.05. The summed E-state index contributed by atoms with van der Waals surface area (Å²) < 4.78 is 3.63. The maximum Gasteiger partial charge on any atom is 0.129 e. The van der Waals surface area contributed by atoms with Crippen molar-refractivity contribution < 1.29 is 0 Å². The first-order chi connectivity index (χ1) is 2.89. The molecule has 0 saturated carbocycles. The van der Waals surface area contributed by atoms with E-state index in [-0.39, 0.29) is 0 Å². The number of hydrogen-bond donors (Lipinski definition) is 0. The monoisotopic (exact) mass is 98.0 g/mol. The summed E-state index contributed by atoms with van der Waals surface area (Å²) in [5.41, 5.74) is 0. The third-order valence-electron chi connectivity index (χ3n) is 0.378. The molecule has 0 fully saturated rings. The minimum atomic E-state index is 0.523. The summed E-state index contributed by atoms with van der Waals surface area (Å²) in [6.45, 7) is 5.12. The van der Waals surface area contributed by atoms with Gasteiger partial charge in [0.15, 0.2) is 0 Å². The van der Waals surface area contributed by atoms with Crippen molar-refractivity contribution in [3.8, 4) is 0 Å². The van der Waals surface area contributed by atoms with Gasteiger partial charge in [0, 0.05) is 6.92 Å². The van der Waals surface area contributed by atoms with Gasteiger partial charge in [-0.2, -0.15) is 4.37 Å². The Hall–Kier alpha value is -0.440. The molecular formula is C3H2N2S. The lowest BCUT2D eigenvalue weighted by atomic mass is 10.9. The molecule has 0 saturated heterocycles. The summed E-state index contributed by atoms with van der Waals surface area (Å²) in [5, 5.41) is 0.523. The molecule has 0 spiro atoms. The van der Waals surface area contributed by atoms with Gasteiger partial charge in [-0.25, -0.2) is 4.98 Å². The molecule has 0 aliphatic heterocycles. The van der Waals surface area contributed by atoms with E-state index in [9.17, 15) is 0 Å². The summed E-state index contributed by atoms with van der Waals surface area (Å²) in [5.74, 6) is 0. The molecule has 0 N–H and O–H groups in total. The van der Waals surface area contributed by atoms with Crippen LogP contribution in [0.4, 0.5) is 0 Å². The number of hydrogen-bond acceptors (Lipinski definition) is 3. The third kappa shape index (κ3) is 0.542. The van der Waals surface area contributed by atoms with Crippen molar-refractivity contribution in [1.29, 1.82) is 0 Å². The molecule has 0 bridgehead atoms. The quantitative estimate of drug-likeness (QED) is 0.474. The SMILES string of the molecule is [CH]c1ncns1. The highest BCUT2D eigenvalue weighted by Crippen LogP contribution is 1.92. The summed E-state index contributed by atoms with van der Waals surface area (Å²) in [6, 6.07) is 0. The predicted molar refractivity (Wildman–Crippen MR) is 23.3 cm³/mol. The van der Waals surface area contributed by atoms with Gasteiger partial charge in [-0.1, -0.05) is 0 Å². The van der Waals surface area contributed by atoms with Crippen LogP contribution in [0, 0.1) is 6.92 Å². The lowest BCUT2D eigenvalue weighted by molar-refractivity contribution is 1.30. The van der Waals surface area contributed by atoms with Gasteiger partial charge >= 0.3 is 0 Å². The molecule has 0 aliphatic carbocycles. The number of nitrogens with zero attached hydrogens (tertiary/aromatic N) is 2. The zero-order valence-electron chi connectivity index (χ0n) is 2.96. The van der Waals surface area contributed by atoms with Crippen LogP contribution >= 0.6 is 11.5 Å². The highest BCUT2D eigenvalue weighted by Gasteiger charge is 1.78. The summed E-state index contributed by atoms with van der Waals surface area (Å²) in [4.78, 5) is 3.60. The van der Waals surface area contributed by atoms with E-state index in [1.807, 2.05) is 0 Å². The molecule has 1 rings (SSSR count). The molecule has 0 aliphatic rings. The Bertz CT molecular complexity index is 112. The first-order valence-corrected chi connectivity index (χ1v) is 2.19. The lowest BCUT2D eigenvalue weighted by Crippen LogP contribution is -1.57. The molecule has 2 radical (unpaired) electrons. The van der Waals surface area contributed by atoms with Gasteiger partial charge in [-0.3, -0.25) is 0 Å². The van der Waals surface area contributed by atoms with E-state index >= 15 is 0 Å². The molecule has 6 heavy (non-hydrogen) atoms. The van der Waals surface area contributed by atoms with Crippen LogP contribution in [-0.2, 0) is 0 Å². The first-order valence-electron chi connectivity index (χ1n) is 1.42. The van der Waals surface area contributed by atoms with E-state index in [1.54, 1.807) is 0 Å². The fourth-order valence-electron chi connectivity index (χ4n) is 0.182. The fourth-order valence-corrected chi connectivity index (χ4v) is 0.478. The van der Waals surface area contributed by atoms with Crippen LogP contribution in [0.1, 0.15) is 5.01 Å². The van der Waals surface area contributed by atoms with Crippen LogP contribution in [0.3, 0.4) is 0 Å². The Morgan fingerprint density at radius 2 is 2.67 bits per heavy atom. The van der Waals surface area contributed by atoms with Gasteiger partial charge in [0.2, 0.25) is 0 Å². The van der Waals surface area contributed by atoms with E-state index in [4.69, 9.17) is 6.92 Å². The topological polar surface area (TPSA) is 25.8 Å². The summed E-state index contributed by atoms with van der Waals surface area (Å²) >= 11 is 1.19. The van der Waals surface area contributed by atoms with Gasteiger partial charge in [0.25, 0.3) is 0 Å². The molecule has 0 unspecified atom stereocenters. The molecule has 1 aromatic heterocycles. The Morgan fingerprint density at radius 3 is 2.83 bits per heavy atom. The standard InChI is InChI=1S/C3H2N2S/c1-3-4-2-5-6-3/h1-2H. The van der Waals surface area contributed by atoms with E-state index in [2.05, 4.69) is 9.36 Å². The Labute approximate surface area is 40.0 Å². The van der Waals surface area contributed by atoms with E-state index in [0.717, 1.165) is 0 Å². The maximum absolute atomic E-state index is 5.12. The van der Waals surface area contributed by atoms with Crippen molar-refractivity contribution in [1.82, 2.24) is 9.36 Å². The zero-order valence-corrected chi connectivity index (χ0v) is 3.77. The van der Waals surface area contributed by atoms with Gasteiger partial charge in [0.05, 0.1) is 0 Å². The zero-order chi connectivity index (χ0) is 4.41. The average molecular weight is 98.1 g/mol. The van der Waals surface area contributed by atoms with Crippen LogP contribution in [0.25, 0.3) is 0 Å². The molecule has 30 valence electrons. The van der Waals surface area contributed by atoms with Crippen LogP contribution in [0.2, 0.25) is 0 Å². The average Bonchev–Trinajstić information content (AvgIpc) is 1.86. The van der Waals surface area contributed by atoms with Crippen molar-refractivity contribution >= 4 is 11.5 Å². The highest BCUT2D eigenvalue weighted by atomic mass is 32.1. The van der Waals surface area contributed by atoms with Gasteiger partial charge < -0.3 is 0 Å². The van der Waals surface area contributed by atoms with E-state index in [1.165, 1.54) is 17.9 Å². The molecule has 0 aromatic carbocycles. The molecule has 2 nitrogen and oxygen atoms in total. The molecular weight excluding hydrogens is 96.1 g/mol. The van der Waals surface area contributed by atoms with Crippen LogP contribution < -0.4 is 0 Å². The Balaban J connectivity index is 3.05. The van der Waals surface area contributed by atoms with E-state index in [0.29, 0.717) is 5.01 Å². The second-order valence-corrected chi connectivity index (χ2v) is 1.59. The van der Waals surface area contributed by atoms with Crippen LogP contribution in [0.15, 0.2) is 6.33 Å². The largest absolute Gasteiger partial charge is 0.228 e. The van der Waals surface area contributed by atoms with Crippen molar-refractivity contribution in [2.45, 2.75) is 0 Å². The van der Waals surface area contributed by atoms with Crippen molar-refractivity contribution in [3.63, 3.8) is 0 Å². The molecule has 0 atom stereocenters. The molecule has 1 heterocycles. The summed E-state index contributed by atoms with van der Waals surface area (Å²) in [6.07, 6.45) is 1.43. The minimum Gasteiger partial charge on any atom is -0.228 e. The van der Waals surface area contributed by atoms with Gasteiger partial charge in [0.1, 0.15) is 11.3 Å². The fraction of sp³-hybridized carbons (Fsp3) is 0. The molecule has 1 aromatic rings. The molecule has 3 heteroatoms. The third-order valence-corrected chi connectivity index (χ3v) is 0.871. The maximum atomic E-state index is 5.12. The Morgan fingerprint density at radius 1 is 1.83 bits per heavy atom. The van der Waals surface area contributed by atoms with Gasteiger partial charge in [-0.15, -0.1) is 0 Å². The van der Waals surface area contributed by atoms with E-state index < -0.39 is 0 Å². The smallest absolute Gasteiger partial charge is 0.129 e. The number of rotatable bonds is 0. The van der Waals surface area contributed by atoms with Crippen molar-refractivity contribution in [2.75, 3.05) is 0 Å². The number of aromatic nitrogens is 2. The van der Waals surface area contributed by atoms with Gasteiger partial charge in [-0.05, 0) is 11.5 Å². The Kier molecular flexibility index (Phi) is 0.837. The second-order valence-electron chi connectivity index (χ2n) is 0.780.